The van der Waals surface area contributed by atoms with Crippen molar-refractivity contribution >= 4 is 11.8 Å². The minimum atomic E-state index is -0.192. The zero-order chi connectivity index (χ0) is 9.42. The first-order chi connectivity index (χ1) is 6.18. The molecule has 70 valence electrons. The van der Waals surface area contributed by atoms with Gasteiger partial charge in [-0.3, -0.25) is 14.5 Å². The smallest absolute Gasteiger partial charge is 0.256 e. The molecule has 2 aliphatic rings. The van der Waals surface area contributed by atoms with Crippen LogP contribution in [-0.4, -0.2) is 36.0 Å². The number of carbonyl (C=O) groups excluding carboxylic acids is 2. The van der Waals surface area contributed by atoms with Crippen molar-refractivity contribution in [2.24, 2.45) is 0 Å². The Bertz CT molecular complexity index is 291. The Kier molecular flexibility index (Phi) is 1.92. The second-order valence-electron chi connectivity index (χ2n) is 3.37. The summed E-state index contributed by atoms with van der Waals surface area (Å²) >= 11 is 0. The van der Waals surface area contributed by atoms with Gasteiger partial charge in [-0.1, -0.05) is 0 Å². The fraction of sp³-hybridized carbons (Fsp3) is 0.556. The van der Waals surface area contributed by atoms with E-state index in [9.17, 15) is 9.59 Å². The van der Waals surface area contributed by atoms with Crippen LogP contribution in [0.2, 0.25) is 0 Å². The van der Waals surface area contributed by atoms with Crippen LogP contribution in [0.25, 0.3) is 0 Å². The minimum Gasteiger partial charge on any atom is -0.373 e. The Balaban J connectivity index is 1.92. The molecular formula is C9H11NO3. The van der Waals surface area contributed by atoms with Crippen LogP contribution in [0.5, 0.6) is 0 Å². The zero-order valence-corrected chi connectivity index (χ0v) is 7.45. The molecule has 1 saturated heterocycles. The third-order valence-corrected chi connectivity index (χ3v) is 2.27. The summed E-state index contributed by atoms with van der Waals surface area (Å²) in [5.41, 5.74) is 0.529. The molecule has 4 nitrogen and oxygen atoms in total. The molecule has 0 aromatic heterocycles. The number of epoxide rings is 1. The van der Waals surface area contributed by atoms with Crippen LogP contribution in [0.4, 0.5) is 0 Å². The first-order valence-electron chi connectivity index (χ1n) is 4.34. The van der Waals surface area contributed by atoms with Gasteiger partial charge in [0.1, 0.15) is 0 Å². The van der Waals surface area contributed by atoms with E-state index in [1.807, 2.05) is 0 Å². The van der Waals surface area contributed by atoms with Gasteiger partial charge in [0.05, 0.1) is 12.7 Å². The van der Waals surface area contributed by atoms with Gasteiger partial charge in [0, 0.05) is 18.2 Å². The minimum absolute atomic E-state index is 0.161. The molecule has 13 heavy (non-hydrogen) atoms. The molecule has 2 amide bonds. The Hall–Kier alpha value is -1.16. The maximum absolute atomic E-state index is 11.3. The van der Waals surface area contributed by atoms with E-state index in [-0.39, 0.29) is 17.9 Å². The standard InChI is InChI=1S/C9H11NO3/c1-6-4-8(11)10(9(6)12)3-2-7-5-13-7/h4,7H,2-3,5H2,1H3. The number of imide groups is 1. The van der Waals surface area contributed by atoms with Crippen LogP contribution in [0.3, 0.4) is 0 Å². The SMILES string of the molecule is CC1=CC(=O)N(CCC2CO2)C1=O. The normalized spacial score (nSPS) is 26.7. The third kappa shape index (κ3) is 1.62. The van der Waals surface area contributed by atoms with Crippen molar-refractivity contribution in [1.82, 2.24) is 4.90 Å². The molecule has 0 radical (unpaired) electrons. The van der Waals surface area contributed by atoms with E-state index < -0.39 is 0 Å². The van der Waals surface area contributed by atoms with E-state index in [1.54, 1.807) is 6.92 Å². The number of amides is 2. The predicted molar refractivity (Wildman–Crippen MR) is 44.8 cm³/mol. The molecule has 2 heterocycles. The molecule has 0 saturated carbocycles. The van der Waals surface area contributed by atoms with Crippen LogP contribution < -0.4 is 0 Å². The molecule has 2 rings (SSSR count). The van der Waals surface area contributed by atoms with Gasteiger partial charge in [0.25, 0.3) is 11.8 Å². The summed E-state index contributed by atoms with van der Waals surface area (Å²) in [7, 11) is 0. The summed E-state index contributed by atoms with van der Waals surface area (Å²) < 4.78 is 5.00. The summed E-state index contributed by atoms with van der Waals surface area (Å²) in [6.07, 6.45) is 2.41. The highest BCUT2D eigenvalue weighted by molar-refractivity contribution is 6.15. The lowest BCUT2D eigenvalue weighted by Gasteiger charge is -2.12. The highest BCUT2D eigenvalue weighted by Gasteiger charge is 2.30. The van der Waals surface area contributed by atoms with Gasteiger partial charge < -0.3 is 4.74 Å². The molecule has 1 atom stereocenters. The number of nitrogens with zero attached hydrogens (tertiary/aromatic N) is 1. The second-order valence-corrected chi connectivity index (χ2v) is 3.37. The van der Waals surface area contributed by atoms with Crippen molar-refractivity contribution in [2.45, 2.75) is 19.4 Å². The Morgan fingerprint density at radius 1 is 1.62 bits per heavy atom. The lowest BCUT2D eigenvalue weighted by atomic mass is 10.3. The van der Waals surface area contributed by atoms with Gasteiger partial charge in [-0.05, 0) is 13.3 Å². The van der Waals surface area contributed by atoms with Gasteiger partial charge in [0.2, 0.25) is 0 Å². The van der Waals surface area contributed by atoms with Crippen molar-refractivity contribution in [3.05, 3.63) is 11.6 Å². The quantitative estimate of drug-likeness (QED) is 0.458. The molecule has 1 fully saturated rings. The molecule has 0 N–H and O–H groups in total. The topological polar surface area (TPSA) is 49.9 Å². The molecule has 1 unspecified atom stereocenters. The van der Waals surface area contributed by atoms with E-state index >= 15 is 0 Å². The van der Waals surface area contributed by atoms with Crippen LogP contribution in [-0.2, 0) is 14.3 Å². The molecule has 4 heteroatoms. The largest absolute Gasteiger partial charge is 0.373 e. The highest BCUT2D eigenvalue weighted by atomic mass is 16.6. The third-order valence-electron chi connectivity index (χ3n) is 2.27. The fourth-order valence-corrected chi connectivity index (χ4v) is 1.36. The van der Waals surface area contributed by atoms with E-state index in [2.05, 4.69) is 0 Å². The van der Waals surface area contributed by atoms with Crippen molar-refractivity contribution in [3.8, 4) is 0 Å². The number of ether oxygens (including phenoxy) is 1. The van der Waals surface area contributed by atoms with Gasteiger partial charge in [0.15, 0.2) is 0 Å². The average molecular weight is 181 g/mol. The summed E-state index contributed by atoms with van der Waals surface area (Å²) in [6.45, 7) is 2.91. The van der Waals surface area contributed by atoms with E-state index in [0.717, 1.165) is 13.0 Å². The summed E-state index contributed by atoms with van der Waals surface area (Å²) in [6, 6.07) is 0. The zero-order valence-electron chi connectivity index (χ0n) is 7.45. The molecule has 0 aliphatic carbocycles. The lowest BCUT2D eigenvalue weighted by molar-refractivity contribution is -0.137. The van der Waals surface area contributed by atoms with Crippen molar-refractivity contribution in [1.29, 1.82) is 0 Å². The van der Waals surface area contributed by atoms with E-state index in [4.69, 9.17) is 4.74 Å². The van der Waals surface area contributed by atoms with Crippen LogP contribution >= 0.6 is 0 Å². The van der Waals surface area contributed by atoms with Crippen LogP contribution in [0.1, 0.15) is 13.3 Å². The summed E-state index contributed by atoms with van der Waals surface area (Å²) in [4.78, 5) is 23.8. The Morgan fingerprint density at radius 3 is 2.77 bits per heavy atom. The van der Waals surface area contributed by atoms with Gasteiger partial charge in [-0.2, -0.15) is 0 Å². The number of carbonyl (C=O) groups is 2. The molecule has 0 aromatic rings. The summed E-state index contributed by atoms with van der Waals surface area (Å²) in [5.74, 6) is -0.353. The fourth-order valence-electron chi connectivity index (χ4n) is 1.36. The average Bonchev–Trinajstić information content (AvgIpc) is 2.84. The maximum atomic E-state index is 11.3. The van der Waals surface area contributed by atoms with E-state index in [1.165, 1.54) is 11.0 Å². The van der Waals surface area contributed by atoms with Crippen LogP contribution in [0.15, 0.2) is 11.6 Å². The van der Waals surface area contributed by atoms with Crippen LogP contribution in [0, 0.1) is 0 Å². The summed E-state index contributed by atoms with van der Waals surface area (Å²) in [5, 5.41) is 0. The van der Waals surface area contributed by atoms with Gasteiger partial charge in [-0.25, -0.2) is 0 Å². The first-order valence-corrected chi connectivity index (χ1v) is 4.34. The molecule has 0 aromatic carbocycles. The highest BCUT2D eigenvalue weighted by Crippen LogP contribution is 2.17. The number of hydrogen-bond donors (Lipinski definition) is 0. The maximum Gasteiger partial charge on any atom is 0.256 e. The molecule has 2 aliphatic heterocycles. The van der Waals surface area contributed by atoms with Crippen molar-refractivity contribution in [3.63, 3.8) is 0 Å². The molecule has 0 spiro atoms. The molecule has 0 bridgehead atoms. The number of rotatable bonds is 3. The van der Waals surface area contributed by atoms with Gasteiger partial charge >= 0.3 is 0 Å². The number of hydrogen-bond acceptors (Lipinski definition) is 3. The Labute approximate surface area is 76.2 Å². The monoisotopic (exact) mass is 181 g/mol. The molecular weight excluding hydrogens is 170 g/mol. The van der Waals surface area contributed by atoms with Crippen molar-refractivity contribution in [2.75, 3.05) is 13.2 Å². The van der Waals surface area contributed by atoms with Gasteiger partial charge in [-0.15, -0.1) is 0 Å². The van der Waals surface area contributed by atoms with Crippen molar-refractivity contribution < 1.29 is 14.3 Å². The first kappa shape index (κ1) is 8.44. The predicted octanol–water partition coefficient (Wildman–Crippen LogP) is 0.0904. The second kappa shape index (κ2) is 2.96. The Morgan fingerprint density at radius 2 is 2.31 bits per heavy atom. The van der Waals surface area contributed by atoms with E-state index in [0.29, 0.717) is 12.1 Å². The lowest BCUT2D eigenvalue weighted by Crippen LogP contribution is -2.32.